The Balaban J connectivity index is 0.00000256. The Labute approximate surface area is 198 Å². The molecule has 1 amide bonds. The molecular formula is C23H36IN5O. The summed E-state index contributed by atoms with van der Waals surface area (Å²) < 4.78 is 0. The summed E-state index contributed by atoms with van der Waals surface area (Å²) in [6.07, 6.45) is 5.68. The van der Waals surface area contributed by atoms with E-state index in [1.807, 2.05) is 11.9 Å². The van der Waals surface area contributed by atoms with Crippen LogP contribution in [0.5, 0.6) is 0 Å². The fourth-order valence-electron chi connectivity index (χ4n) is 4.95. The first-order valence-electron chi connectivity index (χ1n) is 11.2. The average Bonchev–Trinajstić information content (AvgIpc) is 3.48. The number of likely N-dealkylation sites (tertiary alicyclic amines) is 3. The first-order valence-corrected chi connectivity index (χ1v) is 11.2. The normalized spacial score (nSPS) is 22.6. The van der Waals surface area contributed by atoms with Crippen LogP contribution >= 0.6 is 24.0 Å². The van der Waals surface area contributed by atoms with E-state index in [1.54, 1.807) is 0 Å². The van der Waals surface area contributed by atoms with Gasteiger partial charge in [0, 0.05) is 52.7 Å². The van der Waals surface area contributed by atoms with Crippen LogP contribution in [-0.4, -0.2) is 72.9 Å². The van der Waals surface area contributed by atoms with Crippen LogP contribution in [0, 0.1) is 5.92 Å². The molecule has 3 aliphatic heterocycles. The molecule has 1 atom stereocenters. The van der Waals surface area contributed by atoms with Gasteiger partial charge < -0.3 is 20.0 Å². The van der Waals surface area contributed by atoms with Gasteiger partial charge in [0.05, 0.1) is 0 Å². The predicted molar refractivity (Wildman–Crippen MR) is 132 cm³/mol. The second-order valence-corrected chi connectivity index (χ2v) is 8.75. The smallest absolute Gasteiger partial charge is 0.222 e. The highest BCUT2D eigenvalue weighted by Gasteiger charge is 2.27. The van der Waals surface area contributed by atoms with Gasteiger partial charge in [-0.05, 0) is 55.8 Å². The summed E-state index contributed by atoms with van der Waals surface area (Å²) in [5.41, 5.74) is 2.45. The van der Waals surface area contributed by atoms with Crippen LogP contribution < -0.4 is 5.32 Å². The molecule has 166 valence electrons. The lowest BCUT2D eigenvalue weighted by atomic mass is 10.1. The van der Waals surface area contributed by atoms with Crippen molar-refractivity contribution in [3.63, 3.8) is 0 Å². The van der Waals surface area contributed by atoms with Crippen molar-refractivity contribution in [3.05, 3.63) is 35.4 Å². The molecule has 1 aromatic carbocycles. The minimum Gasteiger partial charge on any atom is -0.352 e. The van der Waals surface area contributed by atoms with Crippen molar-refractivity contribution < 1.29 is 4.79 Å². The van der Waals surface area contributed by atoms with E-state index in [0.717, 1.165) is 51.0 Å². The highest BCUT2D eigenvalue weighted by atomic mass is 127. The maximum atomic E-state index is 11.9. The van der Waals surface area contributed by atoms with Gasteiger partial charge in [0.2, 0.25) is 5.91 Å². The van der Waals surface area contributed by atoms with E-state index in [0.29, 0.717) is 6.42 Å². The standard InChI is InChI=1S/C23H35N5O.HI/c1-24-23(28-13-9-21(18-28)16-26-10-2-3-11-26)25-15-19-6-4-7-20(14-19)17-27-12-5-8-22(27)29;/h4,6-7,14,21H,2-3,5,8-13,15-18H2,1H3,(H,24,25);1H. The Morgan fingerprint density at radius 1 is 1.13 bits per heavy atom. The van der Waals surface area contributed by atoms with Gasteiger partial charge in [0.1, 0.15) is 0 Å². The fraction of sp³-hybridized carbons (Fsp3) is 0.652. The van der Waals surface area contributed by atoms with Crippen LogP contribution in [0.15, 0.2) is 29.3 Å². The molecule has 1 N–H and O–H groups in total. The van der Waals surface area contributed by atoms with Crippen molar-refractivity contribution in [3.8, 4) is 0 Å². The number of hydrogen-bond acceptors (Lipinski definition) is 3. The summed E-state index contributed by atoms with van der Waals surface area (Å²) in [4.78, 5) is 23.4. The molecule has 3 heterocycles. The van der Waals surface area contributed by atoms with Crippen molar-refractivity contribution in [1.29, 1.82) is 0 Å². The minimum absolute atomic E-state index is 0. The number of nitrogens with one attached hydrogen (secondary N) is 1. The van der Waals surface area contributed by atoms with Crippen LogP contribution in [0.4, 0.5) is 0 Å². The topological polar surface area (TPSA) is 51.2 Å². The summed E-state index contributed by atoms with van der Waals surface area (Å²) in [5.74, 6) is 2.05. The zero-order valence-corrected chi connectivity index (χ0v) is 20.5. The van der Waals surface area contributed by atoms with Crippen molar-refractivity contribution in [2.75, 3.05) is 46.3 Å². The molecular weight excluding hydrogens is 489 g/mol. The van der Waals surface area contributed by atoms with Gasteiger partial charge in [0.25, 0.3) is 0 Å². The molecule has 3 saturated heterocycles. The number of rotatable bonds is 6. The summed E-state index contributed by atoms with van der Waals surface area (Å²) in [5, 5.41) is 3.55. The Hall–Kier alpha value is -1.35. The largest absolute Gasteiger partial charge is 0.352 e. The third-order valence-electron chi connectivity index (χ3n) is 6.50. The van der Waals surface area contributed by atoms with Gasteiger partial charge >= 0.3 is 0 Å². The second kappa shape index (κ2) is 11.3. The van der Waals surface area contributed by atoms with Gasteiger partial charge in [-0.25, -0.2) is 0 Å². The Morgan fingerprint density at radius 3 is 2.67 bits per heavy atom. The number of benzene rings is 1. The van der Waals surface area contributed by atoms with E-state index in [4.69, 9.17) is 0 Å². The third kappa shape index (κ3) is 6.09. The van der Waals surface area contributed by atoms with Gasteiger partial charge in [-0.15, -0.1) is 24.0 Å². The summed E-state index contributed by atoms with van der Waals surface area (Å²) in [6, 6.07) is 8.58. The van der Waals surface area contributed by atoms with Crippen molar-refractivity contribution in [1.82, 2.24) is 20.0 Å². The Morgan fingerprint density at radius 2 is 1.93 bits per heavy atom. The number of hydrogen-bond donors (Lipinski definition) is 1. The van der Waals surface area contributed by atoms with Gasteiger partial charge in [-0.3, -0.25) is 9.79 Å². The van der Waals surface area contributed by atoms with Crippen LogP contribution in [0.25, 0.3) is 0 Å². The molecule has 1 aromatic rings. The van der Waals surface area contributed by atoms with E-state index < -0.39 is 0 Å². The molecule has 0 saturated carbocycles. The molecule has 0 bridgehead atoms. The molecule has 0 aromatic heterocycles. The number of nitrogens with zero attached hydrogens (tertiary/aromatic N) is 4. The fourth-order valence-corrected chi connectivity index (χ4v) is 4.95. The highest BCUT2D eigenvalue weighted by Crippen LogP contribution is 2.20. The van der Waals surface area contributed by atoms with Gasteiger partial charge in [-0.2, -0.15) is 0 Å². The number of aliphatic imine (C=N–C) groups is 1. The number of carbonyl (C=O) groups excluding carboxylic acids is 1. The molecule has 1 unspecified atom stereocenters. The summed E-state index contributed by atoms with van der Waals surface area (Å²) in [7, 11) is 1.88. The molecule has 7 heteroatoms. The number of amides is 1. The zero-order chi connectivity index (χ0) is 20.1. The molecule has 3 fully saturated rings. The molecule has 0 aliphatic carbocycles. The molecule has 0 radical (unpaired) electrons. The predicted octanol–water partition coefficient (Wildman–Crippen LogP) is 2.92. The number of carbonyl (C=O) groups is 1. The van der Waals surface area contributed by atoms with Crippen LogP contribution in [0.3, 0.4) is 0 Å². The molecule has 3 aliphatic rings. The maximum absolute atomic E-state index is 11.9. The monoisotopic (exact) mass is 525 g/mol. The number of guanidine groups is 1. The third-order valence-corrected chi connectivity index (χ3v) is 6.50. The molecule has 0 spiro atoms. The van der Waals surface area contributed by atoms with E-state index in [-0.39, 0.29) is 29.9 Å². The zero-order valence-electron chi connectivity index (χ0n) is 18.2. The van der Waals surface area contributed by atoms with Crippen molar-refractivity contribution >= 4 is 35.8 Å². The lowest BCUT2D eigenvalue weighted by Crippen LogP contribution is -2.40. The first kappa shape index (κ1) is 23.3. The lowest BCUT2D eigenvalue weighted by Gasteiger charge is -2.23. The Kier molecular flexibility index (Phi) is 8.80. The lowest BCUT2D eigenvalue weighted by molar-refractivity contribution is -0.128. The summed E-state index contributed by atoms with van der Waals surface area (Å²) >= 11 is 0. The van der Waals surface area contributed by atoms with Crippen molar-refractivity contribution in [2.24, 2.45) is 10.9 Å². The quantitative estimate of drug-likeness (QED) is 0.353. The highest BCUT2D eigenvalue weighted by molar-refractivity contribution is 14.0. The molecule has 4 rings (SSSR count). The van der Waals surface area contributed by atoms with Gasteiger partial charge in [-0.1, -0.05) is 24.3 Å². The molecule has 6 nitrogen and oxygen atoms in total. The van der Waals surface area contributed by atoms with E-state index in [1.165, 1.54) is 50.0 Å². The summed E-state index contributed by atoms with van der Waals surface area (Å²) in [6.45, 7) is 8.38. The SMILES string of the molecule is CN=C(NCc1cccc(CN2CCCC2=O)c1)N1CCC(CN2CCCC2)C1.I. The average molecular weight is 525 g/mol. The molecule has 30 heavy (non-hydrogen) atoms. The maximum Gasteiger partial charge on any atom is 0.222 e. The number of halogens is 1. The van der Waals surface area contributed by atoms with E-state index >= 15 is 0 Å². The minimum atomic E-state index is 0. The first-order chi connectivity index (χ1) is 14.2. The van der Waals surface area contributed by atoms with Gasteiger partial charge in [0.15, 0.2) is 5.96 Å². The van der Waals surface area contributed by atoms with E-state index in [2.05, 4.69) is 44.4 Å². The van der Waals surface area contributed by atoms with Crippen LogP contribution in [0.2, 0.25) is 0 Å². The van der Waals surface area contributed by atoms with Crippen LogP contribution in [0.1, 0.15) is 43.2 Å². The second-order valence-electron chi connectivity index (χ2n) is 8.75. The van der Waals surface area contributed by atoms with Crippen molar-refractivity contribution in [2.45, 2.75) is 45.2 Å². The van der Waals surface area contributed by atoms with Crippen LogP contribution in [-0.2, 0) is 17.9 Å². The Bertz CT molecular complexity index is 734. The van der Waals surface area contributed by atoms with E-state index in [9.17, 15) is 4.79 Å².